The number of rotatable bonds is 6. The zero-order chi connectivity index (χ0) is 16.1. The molecule has 0 fully saturated rings. The van der Waals surface area contributed by atoms with E-state index >= 15 is 0 Å². The fourth-order valence-electron chi connectivity index (χ4n) is 2.41. The monoisotopic (exact) mass is 371 g/mol. The third-order valence-corrected chi connectivity index (χ3v) is 4.13. The van der Waals surface area contributed by atoms with Gasteiger partial charge < -0.3 is 14.5 Å². The first-order valence-corrected chi connectivity index (χ1v) is 8.23. The minimum Gasteiger partial charge on any atom is -0.496 e. The molecular formula is C19H18BrNO2. The second kappa shape index (κ2) is 7.49. The molecule has 0 radical (unpaired) electrons. The van der Waals surface area contributed by atoms with E-state index in [4.69, 9.17) is 9.15 Å². The summed E-state index contributed by atoms with van der Waals surface area (Å²) in [6.45, 7) is 1.41. The summed E-state index contributed by atoms with van der Waals surface area (Å²) >= 11 is 3.44. The quantitative estimate of drug-likeness (QED) is 0.661. The Morgan fingerprint density at radius 1 is 0.957 bits per heavy atom. The van der Waals surface area contributed by atoms with Crippen LogP contribution in [0.15, 0.2) is 69.6 Å². The average molecular weight is 372 g/mol. The van der Waals surface area contributed by atoms with Crippen LogP contribution in [-0.4, -0.2) is 7.11 Å². The molecule has 0 saturated heterocycles. The van der Waals surface area contributed by atoms with Crippen LogP contribution in [0.4, 0.5) is 0 Å². The lowest BCUT2D eigenvalue weighted by atomic mass is 10.2. The SMILES string of the molecule is COc1ccccc1CNCc1ccc(-c2ccc(Br)cc2)o1. The van der Waals surface area contributed by atoms with Gasteiger partial charge in [-0.1, -0.05) is 46.3 Å². The summed E-state index contributed by atoms with van der Waals surface area (Å²) in [4.78, 5) is 0. The van der Waals surface area contributed by atoms with Gasteiger partial charge in [0, 0.05) is 22.1 Å². The number of methoxy groups -OCH3 is 1. The first kappa shape index (κ1) is 15.8. The zero-order valence-electron chi connectivity index (χ0n) is 12.9. The number of para-hydroxylation sites is 1. The van der Waals surface area contributed by atoms with E-state index in [1.807, 2.05) is 54.6 Å². The highest BCUT2D eigenvalue weighted by molar-refractivity contribution is 9.10. The largest absolute Gasteiger partial charge is 0.496 e. The lowest BCUT2D eigenvalue weighted by molar-refractivity contribution is 0.406. The van der Waals surface area contributed by atoms with Crippen molar-refractivity contribution in [2.75, 3.05) is 7.11 Å². The first-order chi connectivity index (χ1) is 11.3. The van der Waals surface area contributed by atoms with Crippen molar-refractivity contribution in [3.8, 4) is 17.1 Å². The van der Waals surface area contributed by atoms with Crippen LogP contribution in [0.5, 0.6) is 5.75 Å². The van der Waals surface area contributed by atoms with Crippen molar-refractivity contribution in [1.29, 1.82) is 0 Å². The maximum atomic E-state index is 5.90. The third kappa shape index (κ3) is 4.03. The molecule has 0 amide bonds. The van der Waals surface area contributed by atoms with Gasteiger partial charge >= 0.3 is 0 Å². The van der Waals surface area contributed by atoms with Gasteiger partial charge in [0.15, 0.2) is 0 Å². The lowest BCUT2D eigenvalue weighted by Gasteiger charge is -2.08. The number of benzene rings is 2. The topological polar surface area (TPSA) is 34.4 Å². The fourth-order valence-corrected chi connectivity index (χ4v) is 2.68. The first-order valence-electron chi connectivity index (χ1n) is 7.43. The maximum Gasteiger partial charge on any atom is 0.134 e. The Balaban J connectivity index is 1.60. The molecule has 1 N–H and O–H groups in total. The van der Waals surface area contributed by atoms with E-state index in [-0.39, 0.29) is 0 Å². The molecule has 1 heterocycles. The average Bonchev–Trinajstić information content (AvgIpc) is 3.05. The van der Waals surface area contributed by atoms with Crippen molar-refractivity contribution < 1.29 is 9.15 Å². The summed E-state index contributed by atoms with van der Waals surface area (Å²) in [5, 5.41) is 3.39. The van der Waals surface area contributed by atoms with Crippen LogP contribution in [0.3, 0.4) is 0 Å². The standard InChI is InChI=1S/C19H18BrNO2/c1-22-18-5-3-2-4-15(18)12-21-13-17-10-11-19(23-17)14-6-8-16(20)9-7-14/h2-11,21H,12-13H2,1H3. The van der Waals surface area contributed by atoms with Crippen LogP contribution >= 0.6 is 15.9 Å². The van der Waals surface area contributed by atoms with Gasteiger partial charge in [-0.25, -0.2) is 0 Å². The van der Waals surface area contributed by atoms with Crippen molar-refractivity contribution in [2.24, 2.45) is 0 Å². The van der Waals surface area contributed by atoms with Gasteiger partial charge in [-0.2, -0.15) is 0 Å². The molecular weight excluding hydrogens is 354 g/mol. The summed E-state index contributed by atoms with van der Waals surface area (Å²) in [6, 6.07) is 20.1. The van der Waals surface area contributed by atoms with Gasteiger partial charge in [-0.3, -0.25) is 0 Å². The van der Waals surface area contributed by atoms with Gasteiger partial charge in [0.2, 0.25) is 0 Å². The molecule has 3 aromatic rings. The Bertz CT molecular complexity index is 765. The second-order valence-corrected chi connectivity index (χ2v) is 6.10. The summed E-state index contributed by atoms with van der Waals surface area (Å²) < 4.78 is 12.3. The molecule has 3 nitrogen and oxygen atoms in total. The molecule has 3 rings (SSSR count). The van der Waals surface area contributed by atoms with Crippen LogP contribution in [0.1, 0.15) is 11.3 Å². The van der Waals surface area contributed by atoms with Crippen molar-refractivity contribution >= 4 is 15.9 Å². The molecule has 2 aromatic carbocycles. The number of furan rings is 1. The highest BCUT2D eigenvalue weighted by Gasteiger charge is 2.06. The van der Waals surface area contributed by atoms with Gasteiger partial charge in [0.05, 0.1) is 13.7 Å². The number of hydrogen-bond donors (Lipinski definition) is 1. The van der Waals surface area contributed by atoms with E-state index in [2.05, 4.69) is 27.3 Å². The Morgan fingerprint density at radius 2 is 1.74 bits per heavy atom. The Labute approximate surface area is 144 Å². The second-order valence-electron chi connectivity index (χ2n) is 5.19. The van der Waals surface area contributed by atoms with E-state index in [0.29, 0.717) is 6.54 Å². The molecule has 1 aromatic heterocycles. The van der Waals surface area contributed by atoms with E-state index in [9.17, 15) is 0 Å². The maximum absolute atomic E-state index is 5.90. The number of nitrogens with one attached hydrogen (secondary N) is 1. The van der Waals surface area contributed by atoms with E-state index < -0.39 is 0 Å². The van der Waals surface area contributed by atoms with E-state index in [0.717, 1.165) is 39.4 Å². The molecule has 0 bridgehead atoms. The molecule has 0 atom stereocenters. The molecule has 0 unspecified atom stereocenters. The van der Waals surface area contributed by atoms with Crippen molar-refractivity contribution in [1.82, 2.24) is 5.32 Å². The molecule has 0 aliphatic heterocycles. The summed E-state index contributed by atoms with van der Waals surface area (Å²) in [7, 11) is 1.69. The normalized spacial score (nSPS) is 10.7. The van der Waals surface area contributed by atoms with Crippen LogP contribution in [-0.2, 0) is 13.1 Å². The Hall–Kier alpha value is -2.04. The summed E-state index contributed by atoms with van der Waals surface area (Å²) in [5.74, 6) is 2.69. The highest BCUT2D eigenvalue weighted by Crippen LogP contribution is 2.24. The van der Waals surface area contributed by atoms with Gasteiger partial charge in [-0.05, 0) is 30.3 Å². The number of ether oxygens (including phenoxy) is 1. The lowest BCUT2D eigenvalue weighted by Crippen LogP contribution is -2.12. The number of hydrogen-bond acceptors (Lipinski definition) is 3. The summed E-state index contributed by atoms with van der Waals surface area (Å²) in [6.07, 6.45) is 0. The molecule has 0 aliphatic carbocycles. The highest BCUT2D eigenvalue weighted by atomic mass is 79.9. The van der Waals surface area contributed by atoms with Crippen LogP contribution < -0.4 is 10.1 Å². The minimum atomic E-state index is 0.675. The van der Waals surface area contributed by atoms with Crippen molar-refractivity contribution in [3.05, 3.63) is 76.5 Å². The minimum absolute atomic E-state index is 0.675. The van der Waals surface area contributed by atoms with E-state index in [1.165, 1.54) is 0 Å². The third-order valence-electron chi connectivity index (χ3n) is 3.60. The van der Waals surface area contributed by atoms with E-state index in [1.54, 1.807) is 7.11 Å². The van der Waals surface area contributed by atoms with Crippen molar-refractivity contribution in [2.45, 2.75) is 13.1 Å². The van der Waals surface area contributed by atoms with Crippen LogP contribution in [0.2, 0.25) is 0 Å². The Kier molecular flexibility index (Phi) is 5.16. The van der Waals surface area contributed by atoms with Crippen LogP contribution in [0.25, 0.3) is 11.3 Å². The van der Waals surface area contributed by atoms with Crippen molar-refractivity contribution in [3.63, 3.8) is 0 Å². The zero-order valence-corrected chi connectivity index (χ0v) is 14.5. The fraction of sp³-hybridized carbons (Fsp3) is 0.158. The molecule has 23 heavy (non-hydrogen) atoms. The predicted molar refractivity (Wildman–Crippen MR) is 95.4 cm³/mol. The molecule has 4 heteroatoms. The molecule has 0 spiro atoms. The predicted octanol–water partition coefficient (Wildman–Crippen LogP) is 5.01. The Morgan fingerprint density at radius 3 is 2.52 bits per heavy atom. The van der Waals surface area contributed by atoms with Crippen LogP contribution in [0, 0.1) is 0 Å². The van der Waals surface area contributed by atoms with Gasteiger partial charge in [0.1, 0.15) is 17.3 Å². The molecule has 118 valence electrons. The molecule has 0 aliphatic rings. The van der Waals surface area contributed by atoms with Gasteiger partial charge in [0.25, 0.3) is 0 Å². The smallest absolute Gasteiger partial charge is 0.134 e. The molecule has 0 saturated carbocycles. The number of halogens is 1. The summed E-state index contributed by atoms with van der Waals surface area (Å²) in [5.41, 5.74) is 2.21. The van der Waals surface area contributed by atoms with Gasteiger partial charge in [-0.15, -0.1) is 0 Å².